The van der Waals surface area contributed by atoms with Gasteiger partial charge in [-0.1, -0.05) is 19.0 Å². The van der Waals surface area contributed by atoms with Crippen LogP contribution in [-0.4, -0.2) is 16.7 Å². The van der Waals surface area contributed by atoms with Gasteiger partial charge in [-0.05, 0) is 40.0 Å². The first-order valence-electron chi connectivity index (χ1n) is 6.46. The van der Waals surface area contributed by atoms with Gasteiger partial charge in [0.25, 0.3) is 0 Å². The maximum Gasteiger partial charge on any atom is 0.133 e. The first-order chi connectivity index (χ1) is 7.76. The zero-order valence-corrected chi connectivity index (χ0v) is 12.0. The molecule has 1 rings (SSSR count). The lowest BCUT2D eigenvalue weighted by molar-refractivity contribution is 0.313. The molecular weight excluding hydrogens is 212 g/mol. The molecule has 1 aromatic rings. The van der Waals surface area contributed by atoms with Gasteiger partial charge in [-0.15, -0.1) is 0 Å². The van der Waals surface area contributed by atoms with Crippen LogP contribution < -0.4 is 5.32 Å². The Morgan fingerprint density at radius 3 is 2.41 bits per heavy atom. The minimum atomic E-state index is 0.137. The number of hydrogen-bond acceptors (Lipinski definition) is 3. The molecule has 98 valence electrons. The highest BCUT2D eigenvalue weighted by Crippen LogP contribution is 2.14. The molecule has 3 nitrogen and oxygen atoms in total. The maximum atomic E-state index is 5.12. The van der Waals surface area contributed by atoms with Gasteiger partial charge in [0.05, 0.1) is 5.69 Å². The van der Waals surface area contributed by atoms with Crippen LogP contribution in [0.2, 0.25) is 0 Å². The van der Waals surface area contributed by atoms with E-state index in [1.807, 2.05) is 13.0 Å². The van der Waals surface area contributed by atoms with E-state index < -0.39 is 0 Å². The van der Waals surface area contributed by atoms with Gasteiger partial charge in [0.2, 0.25) is 0 Å². The second-order valence-electron chi connectivity index (χ2n) is 6.35. The van der Waals surface area contributed by atoms with Crippen LogP contribution in [0.5, 0.6) is 0 Å². The van der Waals surface area contributed by atoms with Crippen molar-refractivity contribution < 1.29 is 4.52 Å². The van der Waals surface area contributed by atoms with Crippen LogP contribution in [-0.2, 0) is 6.42 Å². The zero-order valence-electron chi connectivity index (χ0n) is 12.0. The summed E-state index contributed by atoms with van der Waals surface area (Å²) in [6, 6.07) is 2.48. The molecule has 0 fully saturated rings. The third-order valence-corrected chi connectivity index (χ3v) is 2.53. The SMILES string of the molecule is Cc1cc(C[C@H](CC(C)C)NC(C)(C)C)no1. The van der Waals surface area contributed by atoms with E-state index in [2.05, 4.69) is 45.1 Å². The highest BCUT2D eigenvalue weighted by molar-refractivity contribution is 5.05. The van der Waals surface area contributed by atoms with Crippen LogP contribution in [0.1, 0.15) is 52.5 Å². The van der Waals surface area contributed by atoms with Crippen molar-refractivity contribution in [3.05, 3.63) is 17.5 Å². The Kier molecular flexibility index (Phi) is 4.75. The number of aromatic nitrogens is 1. The van der Waals surface area contributed by atoms with Crippen molar-refractivity contribution in [1.82, 2.24) is 10.5 Å². The minimum absolute atomic E-state index is 0.137. The molecule has 0 spiro atoms. The van der Waals surface area contributed by atoms with Crippen molar-refractivity contribution in [2.24, 2.45) is 5.92 Å². The standard InChI is InChI=1S/C14H26N2O/c1-10(2)7-12(15-14(4,5)6)9-13-8-11(3)17-16-13/h8,10,12,15H,7,9H2,1-6H3/t12-/m0/s1. The number of rotatable bonds is 5. The molecule has 17 heavy (non-hydrogen) atoms. The molecule has 0 aliphatic rings. The molecule has 0 saturated heterocycles. The summed E-state index contributed by atoms with van der Waals surface area (Å²) < 4.78 is 5.12. The van der Waals surface area contributed by atoms with Crippen molar-refractivity contribution in [2.75, 3.05) is 0 Å². The molecule has 1 aromatic heterocycles. The van der Waals surface area contributed by atoms with Crippen LogP contribution in [0.4, 0.5) is 0 Å². The Hall–Kier alpha value is -0.830. The Bertz CT molecular complexity index is 336. The lowest BCUT2D eigenvalue weighted by Gasteiger charge is -2.29. The van der Waals surface area contributed by atoms with Crippen molar-refractivity contribution >= 4 is 0 Å². The average Bonchev–Trinajstić information content (AvgIpc) is 2.46. The topological polar surface area (TPSA) is 38.1 Å². The number of hydrogen-bond donors (Lipinski definition) is 1. The molecule has 1 N–H and O–H groups in total. The molecule has 0 aromatic carbocycles. The lowest BCUT2D eigenvalue weighted by atomic mass is 9.96. The summed E-state index contributed by atoms with van der Waals surface area (Å²) in [5.74, 6) is 1.57. The summed E-state index contributed by atoms with van der Waals surface area (Å²) in [4.78, 5) is 0. The lowest BCUT2D eigenvalue weighted by Crippen LogP contribution is -2.45. The molecule has 0 unspecified atom stereocenters. The number of aryl methyl sites for hydroxylation is 1. The highest BCUT2D eigenvalue weighted by atomic mass is 16.5. The molecule has 1 atom stereocenters. The van der Waals surface area contributed by atoms with Gasteiger partial charge < -0.3 is 9.84 Å². The molecule has 3 heteroatoms. The van der Waals surface area contributed by atoms with Crippen LogP contribution >= 0.6 is 0 Å². The Balaban J connectivity index is 2.63. The smallest absolute Gasteiger partial charge is 0.133 e. The summed E-state index contributed by atoms with van der Waals surface area (Å²) in [6.07, 6.45) is 2.09. The van der Waals surface area contributed by atoms with E-state index in [9.17, 15) is 0 Å². The molecule has 0 aliphatic heterocycles. The molecule has 0 amide bonds. The van der Waals surface area contributed by atoms with Gasteiger partial charge in [0, 0.05) is 24.1 Å². The molecular formula is C14H26N2O. The third-order valence-electron chi connectivity index (χ3n) is 2.53. The summed E-state index contributed by atoms with van der Waals surface area (Å²) in [5.41, 5.74) is 1.18. The summed E-state index contributed by atoms with van der Waals surface area (Å²) in [6.45, 7) is 13.1. The molecule has 0 radical (unpaired) electrons. The van der Waals surface area contributed by atoms with Gasteiger partial charge in [-0.3, -0.25) is 0 Å². The van der Waals surface area contributed by atoms with Gasteiger partial charge in [-0.25, -0.2) is 0 Å². The molecule has 0 saturated carbocycles. The van der Waals surface area contributed by atoms with E-state index in [1.54, 1.807) is 0 Å². The first kappa shape index (κ1) is 14.2. The van der Waals surface area contributed by atoms with Gasteiger partial charge in [0.1, 0.15) is 5.76 Å². The fourth-order valence-electron chi connectivity index (χ4n) is 2.14. The van der Waals surface area contributed by atoms with Gasteiger partial charge in [0.15, 0.2) is 0 Å². The van der Waals surface area contributed by atoms with Crippen molar-refractivity contribution in [2.45, 2.75) is 66.0 Å². The minimum Gasteiger partial charge on any atom is -0.361 e. The summed E-state index contributed by atoms with van der Waals surface area (Å²) >= 11 is 0. The maximum absolute atomic E-state index is 5.12. The first-order valence-corrected chi connectivity index (χ1v) is 6.46. The van der Waals surface area contributed by atoms with Crippen LogP contribution in [0.3, 0.4) is 0 Å². The van der Waals surface area contributed by atoms with Crippen molar-refractivity contribution in [1.29, 1.82) is 0 Å². The van der Waals surface area contributed by atoms with E-state index >= 15 is 0 Å². The fourth-order valence-corrected chi connectivity index (χ4v) is 2.14. The van der Waals surface area contributed by atoms with Crippen LogP contribution in [0.25, 0.3) is 0 Å². The van der Waals surface area contributed by atoms with Crippen molar-refractivity contribution in [3.8, 4) is 0 Å². The van der Waals surface area contributed by atoms with E-state index in [-0.39, 0.29) is 5.54 Å². The second-order valence-corrected chi connectivity index (χ2v) is 6.35. The summed E-state index contributed by atoms with van der Waals surface area (Å²) in [7, 11) is 0. The third kappa shape index (κ3) is 5.87. The number of nitrogens with one attached hydrogen (secondary N) is 1. The monoisotopic (exact) mass is 238 g/mol. The van der Waals surface area contributed by atoms with E-state index in [4.69, 9.17) is 4.52 Å². The van der Waals surface area contributed by atoms with Gasteiger partial charge in [-0.2, -0.15) is 0 Å². The fraction of sp³-hybridized carbons (Fsp3) is 0.786. The second kappa shape index (κ2) is 5.67. The summed E-state index contributed by atoms with van der Waals surface area (Å²) in [5, 5.41) is 7.74. The Labute approximate surface area is 105 Å². The van der Waals surface area contributed by atoms with Crippen LogP contribution in [0, 0.1) is 12.8 Å². The highest BCUT2D eigenvalue weighted by Gasteiger charge is 2.19. The van der Waals surface area contributed by atoms with E-state index in [1.165, 1.54) is 0 Å². The average molecular weight is 238 g/mol. The Morgan fingerprint density at radius 1 is 1.35 bits per heavy atom. The largest absolute Gasteiger partial charge is 0.361 e. The molecule has 0 bridgehead atoms. The predicted molar refractivity (Wildman–Crippen MR) is 71.1 cm³/mol. The van der Waals surface area contributed by atoms with E-state index in [0.29, 0.717) is 12.0 Å². The molecule has 1 heterocycles. The van der Waals surface area contributed by atoms with Crippen LogP contribution in [0.15, 0.2) is 10.6 Å². The number of nitrogens with zero attached hydrogens (tertiary/aromatic N) is 1. The van der Waals surface area contributed by atoms with Gasteiger partial charge >= 0.3 is 0 Å². The van der Waals surface area contributed by atoms with E-state index in [0.717, 1.165) is 24.3 Å². The quantitative estimate of drug-likeness (QED) is 0.855. The Morgan fingerprint density at radius 2 is 2.00 bits per heavy atom. The normalized spacial score (nSPS) is 14.3. The zero-order chi connectivity index (χ0) is 13.1. The van der Waals surface area contributed by atoms with Crippen molar-refractivity contribution in [3.63, 3.8) is 0 Å². The molecule has 0 aliphatic carbocycles. The predicted octanol–water partition coefficient (Wildman–Crippen LogP) is 3.33.